The summed E-state index contributed by atoms with van der Waals surface area (Å²) >= 11 is 7.76. The maximum atomic E-state index is 13.5. The Morgan fingerprint density at radius 2 is 1.87 bits per heavy atom. The number of anilines is 1. The van der Waals surface area contributed by atoms with E-state index in [1.54, 1.807) is 0 Å². The lowest BCUT2D eigenvalue weighted by Gasteiger charge is -2.29. The number of ether oxygens (including phenoxy) is 1. The molecule has 2 aromatic carbocycles. The average Bonchev–Trinajstić information content (AvgIpc) is 3.15. The van der Waals surface area contributed by atoms with Gasteiger partial charge in [-0.3, -0.25) is 14.6 Å². The molecule has 1 amide bonds. The Morgan fingerprint density at radius 3 is 2.58 bits per heavy atom. The first-order chi connectivity index (χ1) is 14.4. The smallest absolute Gasteiger partial charge is 0.260 e. The van der Waals surface area contributed by atoms with Crippen LogP contribution in [0.3, 0.4) is 0 Å². The summed E-state index contributed by atoms with van der Waals surface area (Å²) in [7, 11) is 0. The van der Waals surface area contributed by atoms with E-state index in [9.17, 15) is 4.79 Å². The summed E-state index contributed by atoms with van der Waals surface area (Å²) in [6.07, 6.45) is 0. The summed E-state index contributed by atoms with van der Waals surface area (Å²) in [6, 6.07) is 9.71. The van der Waals surface area contributed by atoms with Crippen LogP contribution < -0.4 is 4.90 Å². The second-order valence-corrected chi connectivity index (χ2v) is 9.22. The molecule has 1 aromatic heterocycles. The molecule has 1 saturated heterocycles. The zero-order valence-corrected chi connectivity index (χ0v) is 20.4. The van der Waals surface area contributed by atoms with E-state index in [1.807, 2.05) is 49.1 Å². The molecule has 0 aliphatic carbocycles. The summed E-state index contributed by atoms with van der Waals surface area (Å²) in [5.74, 6) is -0.0193. The summed E-state index contributed by atoms with van der Waals surface area (Å²) in [5.41, 5.74) is 4.90. The highest BCUT2D eigenvalue weighted by molar-refractivity contribution is 7.22. The minimum atomic E-state index is -0.0193. The number of aromatic nitrogens is 1. The summed E-state index contributed by atoms with van der Waals surface area (Å²) < 4.78 is 6.45. The highest BCUT2D eigenvalue weighted by Gasteiger charge is 2.23. The molecule has 1 aliphatic heterocycles. The third-order valence-electron chi connectivity index (χ3n) is 5.61. The molecule has 0 spiro atoms. The number of carbonyl (C=O) groups is 1. The third kappa shape index (κ3) is 5.38. The molecule has 8 heteroatoms. The highest BCUT2D eigenvalue weighted by Crippen LogP contribution is 2.33. The van der Waals surface area contributed by atoms with E-state index < -0.39 is 0 Å². The fourth-order valence-electron chi connectivity index (χ4n) is 3.64. The van der Waals surface area contributed by atoms with Crippen LogP contribution in [-0.2, 0) is 4.74 Å². The molecular weight excluding hydrogens is 453 g/mol. The lowest BCUT2D eigenvalue weighted by atomic mass is 10.1. The number of amides is 1. The average molecular weight is 480 g/mol. The van der Waals surface area contributed by atoms with Gasteiger partial charge in [0.1, 0.15) is 0 Å². The highest BCUT2D eigenvalue weighted by atomic mass is 35.5. The van der Waals surface area contributed by atoms with Gasteiger partial charge >= 0.3 is 0 Å². The predicted octanol–water partition coefficient (Wildman–Crippen LogP) is 5.28. The van der Waals surface area contributed by atoms with Crippen molar-refractivity contribution in [1.82, 2.24) is 9.88 Å². The normalized spacial score (nSPS) is 14.5. The molecule has 0 atom stereocenters. The van der Waals surface area contributed by atoms with Crippen molar-refractivity contribution in [2.75, 3.05) is 44.3 Å². The Hall–Kier alpha value is -1.70. The second-order valence-electron chi connectivity index (χ2n) is 7.78. The van der Waals surface area contributed by atoms with Gasteiger partial charge in [-0.2, -0.15) is 0 Å². The Labute approximate surface area is 198 Å². The second kappa shape index (κ2) is 10.3. The Bertz CT molecular complexity index is 1080. The zero-order valence-electron chi connectivity index (χ0n) is 18.0. The van der Waals surface area contributed by atoms with Gasteiger partial charge in [0.05, 0.1) is 23.4 Å². The maximum absolute atomic E-state index is 13.5. The molecule has 4 rings (SSSR count). The predicted molar refractivity (Wildman–Crippen MR) is 131 cm³/mol. The minimum Gasteiger partial charge on any atom is -0.379 e. The molecule has 1 fully saturated rings. The number of benzene rings is 2. The molecule has 31 heavy (non-hydrogen) atoms. The number of aryl methyl sites for hydroxylation is 3. The molecule has 0 bridgehead atoms. The van der Waals surface area contributed by atoms with Gasteiger partial charge in [-0.05, 0) is 61.7 Å². The minimum absolute atomic E-state index is 0. The van der Waals surface area contributed by atoms with Gasteiger partial charge in [0.2, 0.25) is 0 Å². The van der Waals surface area contributed by atoms with Crippen LogP contribution in [0, 0.1) is 20.8 Å². The van der Waals surface area contributed by atoms with Crippen molar-refractivity contribution in [3.8, 4) is 0 Å². The van der Waals surface area contributed by atoms with E-state index in [1.165, 1.54) is 16.9 Å². The Morgan fingerprint density at radius 1 is 1.13 bits per heavy atom. The van der Waals surface area contributed by atoms with Crippen LogP contribution in [0.5, 0.6) is 0 Å². The molecule has 1 aliphatic rings. The van der Waals surface area contributed by atoms with Crippen molar-refractivity contribution < 1.29 is 9.53 Å². The van der Waals surface area contributed by atoms with Gasteiger partial charge in [-0.1, -0.05) is 29.0 Å². The molecule has 0 radical (unpaired) electrons. The fourth-order valence-corrected chi connectivity index (χ4v) is 5.08. The van der Waals surface area contributed by atoms with E-state index in [2.05, 4.69) is 11.8 Å². The van der Waals surface area contributed by atoms with Crippen molar-refractivity contribution in [3.63, 3.8) is 0 Å². The number of nitrogens with zero attached hydrogens (tertiary/aromatic N) is 3. The number of fused-ring (bicyclic) bond motifs is 1. The number of halogens is 2. The quantitative estimate of drug-likeness (QED) is 0.499. The van der Waals surface area contributed by atoms with Crippen molar-refractivity contribution >= 4 is 56.6 Å². The first-order valence-corrected chi connectivity index (χ1v) is 11.4. The number of thiazole rings is 1. The molecule has 3 aromatic rings. The molecule has 5 nitrogen and oxygen atoms in total. The van der Waals surface area contributed by atoms with E-state index in [4.69, 9.17) is 21.3 Å². The van der Waals surface area contributed by atoms with Crippen molar-refractivity contribution in [2.45, 2.75) is 20.8 Å². The van der Waals surface area contributed by atoms with Crippen LogP contribution in [-0.4, -0.2) is 55.2 Å². The van der Waals surface area contributed by atoms with Gasteiger partial charge in [-0.25, -0.2) is 4.98 Å². The first-order valence-electron chi connectivity index (χ1n) is 10.2. The van der Waals surface area contributed by atoms with Crippen LogP contribution in [0.4, 0.5) is 5.13 Å². The summed E-state index contributed by atoms with van der Waals surface area (Å²) in [6.45, 7) is 10.7. The van der Waals surface area contributed by atoms with E-state index in [-0.39, 0.29) is 18.3 Å². The van der Waals surface area contributed by atoms with Crippen LogP contribution in [0.1, 0.15) is 27.0 Å². The van der Waals surface area contributed by atoms with Gasteiger partial charge in [0.25, 0.3) is 5.91 Å². The van der Waals surface area contributed by atoms with Crippen LogP contribution in [0.15, 0.2) is 30.3 Å². The monoisotopic (exact) mass is 479 g/mol. The Balaban J connectivity index is 0.00000272. The number of rotatable bonds is 5. The Kier molecular flexibility index (Phi) is 7.94. The number of hydrogen-bond donors (Lipinski definition) is 0. The topological polar surface area (TPSA) is 45.7 Å². The van der Waals surface area contributed by atoms with Gasteiger partial charge in [-0.15, -0.1) is 12.4 Å². The lowest BCUT2D eigenvalue weighted by Crippen LogP contribution is -2.43. The van der Waals surface area contributed by atoms with Gasteiger partial charge in [0, 0.05) is 36.8 Å². The SMILES string of the molecule is Cc1ccc(C(=O)N(CCN2CCOCC2)c2nc3c(C)cc(Cl)cc3s2)cc1C.Cl. The number of carbonyl (C=O) groups excluding carboxylic acids is 1. The van der Waals surface area contributed by atoms with E-state index in [0.717, 1.165) is 54.2 Å². The maximum Gasteiger partial charge on any atom is 0.260 e. The molecule has 0 unspecified atom stereocenters. The van der Waals surface area contributed by atoms with E-state index in [0.29, 0.717) is 22.3 Å². The zero-order chi connectivity index (χ0) is 21.3. The van der Waals surface area contributed by atoms with Gasteiger partial charge in [0.15, 0.2) is 5.13 Å². The molecule has 0 saturated carbocycles. The van der Waals surface area contributed by atoms with Gasteiger partial charge < -0.3 is 4.74 Å². The first kappa shape index (κ1) is 24.0. The third-order valence-corrected chi connectivity index (χ3v) is 6.86. The summed E-state index contributed by atoms with van der Waals surface area (Å²) in [5, 5.41) is 1.41. The molecule has 0 N–H and O–H groups in total. The van der Waals surface area contributed by atoms with Crippen molar-refractivity contribution in [2.24, 2.45) is 0 Å². The fraction of sp³-hybridized carbons (Fsp3) is 0.391. The largest absolute Gasteiger partial charge is 0.379 e. The van der Waals surface area contributed by atoms with Crippen molar-refractivity contribution in [1.29, 1.82) is 0 Å². The van der Waals surface area contributed by atoms with Crippen molar-refractivity contribution in [3.05, 3.63) is 57.6 Å². The molecule has 166 valence electrons. The standard InChI is InChI=1S/C23H26ClN3O2S.ClH/c1-15-4-5-18(12-16(15)2)22(28)27(7-6-26-8-10-29-11-9-26)23-25-21-17(3)13-19(24)14-20(21)30-23;/h4-5,12-14H,6-11H2,1-3H3;1H. The van der Waals surface area contributed by atoms with Crippen LogP contribution >= 0.6 is 35.3 Å². The van der Waals surface area contributed by atoms with Crippen LogP contribution in [0.25, 0.3) is 10.2 Å². The number of morpholine rings is 1. The summed E-state index contributed by atoms with van der Waals surface area (Å²) in [4.78, 5) is 22.5. The molecular formula is C23H27Cl2N3O2S. The van der Waals surface area contributed by atoms with Crippen LogP contribution in [0.2, 0.25) is 5.02 Å². The molecule has 2 heterocycles. The van der Waals surface area contributed by atoms with E-state index >= 15 is 0 Å². The lowest BCUT2D eigenvalue weighted by molar-refractivity contribution is 0.0391. The number of hydrogen-bond acceptors (Lipinski definition) is 5.